The van der Waals surface area contributed by atoms with Crippen molar-refractivity contribution < 1.29 is 4.74 Å². The summed E-state index contributed by atoms with van der Waals surface area (Å²) in [6.45, 7) is 3.51. The van der Waals surface area contributed by atoms with Crippen LogP contribution < -0.4 is 10.1 Å². The average molecular weight is 359 g/mol. The van der Waals surface area contributed by atoms with E-state index in [0.717, 1.165) is 36.4 Å². The molecule has 0 fully saturated rings. The van der Waals surface area contributed by atoms with Crippen LogP contribution in [0.5, 0.6) is 5.75 Å². The Balaban J connectivity index is 1.99. The van der Waals surface area contributed by atoms with Crippen LogP contribution in [-0.4, -0.2) is 6.61 Å². The van der Waals surface area contributed by atoms with Crippen molar-refractivity contribution in [2.75, 3.05) is 11.9 Å². The van der Waals surface area contributed by atoms with Crippen molar-refractivity contribution in [1.82, 2.24) is 0 Å². The maximum atomic E-state index is 6.15. The van der Waals surface area contributed by atoms with Crippen LogP contribution in [0.3, 0.4) is 0 Å². The van der Waals surface area contributed by atoms with Crippen molar-refractivity contribution in [3.05, 3.63) is 57.0 Å². The van der Waals surface area contributed by atoms with Gasteiger partial charge in [-0.1, -0.05) is 60.3 Å². The van der Waals surface area contributed by atoms with E-state index in [1.807, 2.05) is 24.3 Å². The Hall–Kier alpha value is -1.09. The summed E-state index contributed by atoms with van der Waals surface area (Å²) in [5, 5.41) is 4.73. The monoisotopic (exact) mass is 357 g/mol. The molecular weight excluding hydrogens is 341 g/mol. The van der Waals surface area contributed by atoms with Crippen LogP contribution >= 0.6 is 34.8 Å². The zero-order valence-electron chi connectivity index (χ0n) is 12.3. The SMILES string of the molecule is CCCCOc1cccc(CNc2cc(Cl)c(Cl)cc2Cl)c1. The number of benzene rings is 2. The predicted molar refractivity (Wildman–Crippen MR) is 95.6 cm³/mol. The standard InChI is InChI=1S/C17H18Cl3NO/c1-2-3-7-22-13-6-4-5-12(8-13)11-21-17-10-15(19)14(18)9-16(17)20/h4-6,8-10,21H,2-3,7,11H2,1H3. The molecule has 0 aliphatic heterocycles. The molecule has 0 aromatic heterocycles. The highest BCUT2D eigenvalue weighted by molar-refractivity contribution is 6.44. The highest BCUT2D eigenvalue weighted by Crippen LogP contribution is 2.32. The molecule has 2 nitrogen and oxygen atoms in total. The summed E-state index contributed by atoms with van der Waals surface area (Å²) in [5.74, 6) is 0.882. The van der Waals surface area contributed by atoms with Gasteiger partial charge in [-0.05, 0) is 36.2 Å². The van der Waals surface area contributed by atoms with Crippen molar-refractivity contribution in [3.63, 3.8) is 0 Å². The normalized spacial score (nSPS) is 10.5. The van der Waals surface area contributed by atoms with E-state index in [2.05, 4.69) is 12.2 Å². The molecule has 118 valence electrons. The quantitative estimate of drug-likeness (QED) is 0.454. The largest absolute Gasteiger partial charge is 0.494 e. The third kappa shape index (κ3) is 4.98. The zero-order valence-corrected chi connectivity index (χ0v) is 14.6. The van der Waals surface area contributed by atoms with Gasteiger partial charge in [0.05, 0.1) is 27.4 Å². The van der Waals surface area contributed by atoms with Crippen molar-refractivity contribution in [3.8, 4) is 5.75 Å². The highest BCUT2D eigenvalue weighted by Gasteiger charge is 2.06. The van der Waals surface area contributed by atoms with Gasteiger partial charge in [-0.2, -0.15) is 0 Å². The third-order valence-electron chi connectivity index (χ3n) is 3.16. The molecule has 1 N–H and O–H groups in total. The lowest BCUT2D eigenvalue weighted by Gasteiger charge is -2.11. The number of nitrogens with one attached hydrogen (secondary N) is 1. The molecule has 0 saturated heterocycles. The van der Waals surface area contributed by atoms with E-state index >= 15 is 0 Å². The molecular formula is C17H18Cl3NO. The summed E-state index contributed by atoms with van der Waals surface area (Å²) in [6, 6.07) is 11.4. The lowest BCUT2D eigenvalue weighted by Crippen LogP contribution is -2.01. The molecule has 2 rings (SSSR count). The maximum Gasteiger partial charge on any atom is 0.119 e. The van der Waals surface area contributed by atoms with Crippen molar-refractivity contribution in [1.29, 1.82) is 0 Å². The molecule has 0 atom stereocenters. The fourth-order valence-electron chi connectivity index (χ4n) is 1.93. The Kier molecular flexibility index (Phi) is 6.69. The molecule has 2 aromatic rings. The molecule has 0 spiro atoms. The molecule has 0 bridgehead atoms. The lowest BCUT2D eigenvalue weighted by molar-refractivity contribution is 0.309. The van der Waals surface area contributed by atoms with E-state index in [4.69, 9.17) is 39.5 Å². The Bertz CT molecular complexity index is 631. The zero-order chi connectivity index (χ0) is 15.9. The van der Waals surface area contributed by atoms with Crippen LogP contribution in [0.4, 0.5) is 5.69 Å². The Morgan fingerprint density at radius 2 is 1.77 bits per heavy atom. The number of hydrogen-bond acceptors (Lipinski definition) is 2. The number of ether oxygens (including phenoxy) is 1. The molecule has 0 amide bonds. The van der Waals surface area contributed by atoms with Gasteiger partial charge in [-0.15, -0.1) is 0 Å². The molecule has 2 aromatic carbocycles. The van der Waals surface area contributed by atoms with Crippen molar-refractivity contribution in [2.45, 2.75) is 26.3 Å². The summed E-state index contributed by atoms with van der Waals surface area (Å²) >= 11 is 18.1. The smallest absolute Gasteiger partial charge is 0.119 e. The van der Waals surface area contributed by atoms with Gasteiger partial charge in [0, 0.05) is 6.54 Å². The first-order valence-corrected chi connectivity index (χ1v) is 8.33. The number of rotatable bonds is 7. The van der Waals surface area contributed by atoms with E-state index in [1.54, 1.807) is 12.1 Å². The van der Waals surface area contributed by atoms with Gasteiger partial charge in [-0.25, -0.2) is 0 Å². The summed E-state index contributed by atoms with van der Waals surface area (Å²) in [5.41, 5.74) is 1.87. The summed E-state index contributed by atoms with van der Waals surface area (Å²) in [6.07, 6.45) is 2.18. The molecule has 0 unspecified atom stereocenters. The fraction of sp³-hybridized carbons (Fsp3) is 0.294. The average Bonchev–Trinajstić information content (AvgIpc) is 2.50. The Morgan fingerprint density at radius 1 is 1.00 bits per heavy atom. The van der Waals surface area contributed by atoms with Crippen LogP contribution in [0.15, 0.2) is 36.4 Å². The molecule has 0 aliphatic rings. The minimum Gasteiger partial charge on any atom is -0.494 e. The van der Waals surface area contributed by atoms with Gasteiger partial charge >= 0.3 is 0 Å². The number of unbranched alkanes of at least 4 members (excludes halogenated alkanes) is 1. The molecule has 22 heavy (non-hydrogen) atoms. The van der Waals surface area contributed by atoms with Gasteiger partial charge in [0.15, 0.2) is 0 Å². The minimum atomic E-state index is 0.448. The summed E-state index contributed by atoms with van der Waals surface area (Å²) < 4.78 is 5.71. The van der Waals surface area contributed by atoms with Crippen LogP contribution in [0.2, 0.25) is 15.1 Å². The number of halogens is 3. The van der Waals surface area contributed by atoms with Crippen LogP contribution in [0, 0.1) is 0 Å². The lowest BCUT2D eigenvalue weighted by atomic mass is 10.2. The third-order valence-corrected chi connectivity index (χ3v) is 4.19. The molecule has 0 radical (unpaired) electrons. The number of hydrogen-bond donors (Lipinski definition) is 1. The van der Waals surface area contributed by atoms with Gasteiger partial charge in [0.25, 0.3) is 0 Å². The molecule has 0 saturated carbocycles. The first kappa shape index (κ1) is 17.3. The molecule has 5 heteroatoms. The Morgan fingerprint density at radius 3 is 2.55 bits per heavy atom. The van der Waals surface area contributed by atoms with Gasteiger partial charge in [0.1, 0.15) is 5.75 Å². The maximum absolute atomic E-state index is 6.15. The van der Waals surface area contributed by atoms with Crippen molar-refractivity contribution in [2.24, 2.45) is 0 Å². The molecule has 0 heterocycles. The fourth-order valence-corrected chi connectivity index (χ4v) is 2.55. The van der Waals surface area contributed by atoms with Gasteiger partial charge < -0.3 is 10.1 Å². The first-order valence-electron chi connectivity index (χ1n) is 7.20. The summed E-state index contributed by atoms with van der Waals surface area (Å²) in [4.78, 5) is 0. The van der Waals surface area contributed by atoms with E-state index in [1.165, 1.54) is 0 Å². The second-order valence-corrected chi connectivity index (χ2v) is 6.17. The van der Waals surface area contributed by atoms with Crippen LogP contribution in [-0.2, 0) is 6.54 Å². The van der Waals surface area contributed by atoms with E-state index in [9.17, 15) is 0 Å². The van der Waals surface area contributed by atoms with Gasteiger partial charge in [0.2, 0.25) is 0 Å². The van der Waals surface area contributed by atoms with Gasteiger partial charge in [-0.3, -0.25) is 0 Å². The summed E-state index contributed by atoms with van der Waals surface area (Å²) in [7, 11) is 0. The van der Waals surface area contributed by atoms with E-state index in [-0.39, 0.29) is 0 Å². The predicted octanol–water partition coefficient (Wildman–Crippen LogP) is 6.44. The van der Waals surface area contributed by atoms with E-state index in [0.29, 0.717) is 21.6 Å². The van der Waals surface area contributed by atoms with Crippen LogP contribution in [0.25, 0.3) is 0 Å². The highest BCUT2D eigenvalue weighted by atomic mass is 35.5. The minimum absolute atomic E-state index is 0.448. The second kappa shape index (κ2) is 8.52. The number of anilines is 1. The van der Waals surface area contributed by atoms with E-state index < -0.39 is 0 Å². The first-order chi connectivity index (χ1) is 10.6. The van der Waals surface area contributed by atoms with Crippen LogP contribution in [0.1, 0.15) is 25.3 Å². The topological polar surface area (TPSA) is 21.3 Å². The van der Waals surface area contributed by atoms with Crippen molar-refractivity contribution >= 4 is 40.5 Å². The molecule has 0 aliphatic carbocycles. The second-order valence-electron chi connectivity index (χ2n) is 4.95. The Labute approximate surface area is 146 Å².